The average molecular weight is 366 g/mol. The lowest BCUT2D eigenvalue weighted by Crippen LogP contribution is -2.31. The van der Waals surface area contributed by atoms with Crippen molar-refractivity contribution in [1.29, 1.82) is 0 Å². The molecule has 7 heteroatoms. The van der Waals surface area contributed by atoms with E-state index in [1.54, 1.807) is 18.2 Å². The Labute approximate surface area is 157 Å². The highest BCUT2D eigenvalue weighted by Gasteiger charge is 2.13. The number of amides is 2. The Balaban J connectivity index is 1.34. The van der Waals surface area contributed by atoms with Gasteiger partial charge in [-0.3, -0.25) is 0 Å². The Morgan fingerprint density at radius 2 is 1.96 bits per heavy atom. The zero-order valence-corrected chi connectivity index (χ0v) is 15.4. The van der Waals surface area contributed by atoms with Gasteiger partial charge in [0.15, 0.2) is 11.5 Å². The molecule has 0 fully saturated rings. The number of nitrogens with one attached hydrogen (secondary N) is 2. The van der Waals surface area contributed by atoms with Crippen LogP contribution in [0.3, 0.4) is 0 Å². The molecule has 3 aromatic rings. The molecule has 0 saturated heterocycles. The van der Waals surface area contributed by atoms with Crippen LogP contribution >= 0.6 is 0 Å². The lowest BCUT2D eigenvalue weighted by Gasteiger charge is -2.19. The first kappa shape index (κ1) is 17.2. The second-order valence-electron chi connectivity index (χ2n) is 6.57. The summed E-state index contributed by atoms with van der Waals surface area (Å²) in [6.45, 7) is 3.60. The number of nitrogens with zero attached hydrogens (tertiary/aromatic N) is 2. The molecular formula is C20H22N4O3. The molecule has 0 atom stereocenters. The van der Waals surface area contributed by atoms with Gasteiger partial charge in [0.25, 0.3) is 0 Å². The van der Waals surface area contributed by atoms with Gasteiger partial charge in [0, 0.05) is 31.8 Å². The van der Waals surface area contributed by atoms with Gasteiger partial charge >= 0.3 is 6.03 Å². The van der Waals surface area contributed by atoms with Crippen LogP contribution in [0.15, 0.2) is 36.4 Å². The maximum atomic E-state index is 12.2. The van der Waals surface area contributed by atoms with Crippen molar-refractivity contribution < 1.29 is 14.3 Å². The van der Waals surface area contributed by atoms with Gasteiger partial charge in [0.2, 0.25) is 0 Å². The van der Waals surface area contributed by atoms with E-state index in [4.69, 9.17) is 9.47 Å². The molecular weight excluding hydrogens is 344 g/mol. The van der Waals surface area contributed by atoms with Gasteiger partial charge < -0.3 is 24.7 Å². The Morgan fingerprint density at radius 1 is 1.15 bits per heavy atom. The predicted octanol–water partition coefficient (Wildman–Crippen LogP) is 3.02. The lowest BCUT2D eigenvalue weighted by molar-refractivity contribution is 0.171. The van der Waals surface area contributed by atoms with E-state index in [-0.39, 0.29) is 6.03 Å². The van der Waals surface area contributed by atoms with Crippen molar-refractivity contribution in [3.8, 4) is 11.5 Å². The third-order valence-electron chi connectivity index (χ3n) is 4.56. The fraction of sp³-hybridized carbons (Fsp3) is 0.300. The SMILES string of the molecule is Cc1ccc2c(c1)nc(CCNC(=O)Nc1ccc3c(c1)OCCO3)n2C. The number of ether oxygens (including phenoxy) is 2. The zero-order valence-electron chi connectivity index (χ0n) is 15.4. The molecule has 2 N–H and O–H groups in total. The van der Waals surface area contributed by atoms with Crippen LogP contribution in [-0.4, -0.2) is 35.3 Å². The molecule has 140 valence electrons. The van der Waals surface area contributed by atoms with E-state index in [0.717, 1.165) is 16.9 Å². The van der Waals surface area contributed by atoms with Crippen LogP contribution < -0.4 is 20.1 Å². The van der Waals surface area contributed by atoms with E-state index in [2.05, 4.69) is 45.3 Å². The molecule has 0 saturated carbocycles. The highest BCUT2D eigenvalue weighted by molar-refractivity contribution is 5.89. The van der Waals surface area contributed by atoms with Crippen LogP contribution in [0.2, 0.25) is 0 Å². The van der Waals surface area contributed by atoms with Gasteiger partial charge in [-0.05, 0) is 36.8 Å². The normalized spacial score (nSPS) is 12.8. The topological polar surface area (TPSA) is 77.4 Å². The number of hydrogen-bond donors (Lipinski definition) is 2. The number of fused-ring (bicyclic) bond motifs is 2. The van der Waals surface area contributed by atoms with Crippen LogP contribution in [0.5, 0.6) is 11.5 Å². The lowest BCUT2D eigenvalue weighted by atomic mass is 10.2. The van der Waals surface area contributed by atoms with Crippen molar-refractivity contribution >= 4 is 22.8 Å². The van der Waals surface area contributed by atoms with Crippen LogP contribution in [0.4, 0.5) is 10.5 Å². The summed E-state index contributed by atoms with van der Waals surface area (Å²) in [5.41, 5.74) is 3.92. The monoisotopic (exact) mass is 366 g/mol. The Kier molecular flexibility index (Phi) is 4.58. The number of imidazole rings is 1. The highest BCUT2D eigenvalue weighted by atomic mass is 16.6. The van der Waals surface area contributed by atoms with Crippen molar-refractivity contribution in [2.75, 3.05) is 25.1 Å². The highest BCUT2D eigenvalue weighted by Crippen LogP contribution is 2.32. The molecule has 0 aliphatic carbocycles. The Bertz CT molecular complexity index is 996. The number of urea groups is 1. The molecule has 2 heterocycles. The smallest absolute Gasteiger partial charge is 0.319 e. The van der Waals surface area contributed by atoms with E-state index in [0.29, 0.717) is 43.4 Å². The van der Waals surface area contributed by atoms with E-state index in [1.807, 2.05) is 7.05 Å². The second kappa shape index (κ2) is 7.19. The predicted molar refractivity (Wildman–Crippen MR) is 104 cm³/mol. The van der Waals surface area contributed by atoms with Crippen molar-refractivity contribution in [3.63, 3.8) is 0 Å². The number of aromatic nitrogens is 2. The molecule has 2 amide bonds. The number of benzene rings is 2. The quantitative estimate of drug-likeness (QED) is 0.744. The minimum absolute atomic E-state index is 0.263. The van der Waals surface area contributed by atoms with Gasteiger partial charge in [-0.1, -0.05) is 6.07 Å². The number of hydrogen-bond acceptors (Lipinski definition) is 4. The standard InChI is InChI=1S/C20H22N4O3/c1-13-3-5-16-15(11-13)23-19(24(16)2)7-8-21-20(25)22-14-4-6-17-18(12-14)27-10-9-26-17/h3-6,11-12H,7-10H2,1-2H3,(H2,21,22,25). The molecule has 2 aromatic carbocycles. The fourth-order valence-corrected chi connectivity index (χ4v) is 3.17. The molecule has 1 aliphatic heterocycles. The average Bonchev–Trinajstić information content (AvgIpc) is 2.96. The molecule has 7 nitrogen and oxygen atoms in total. The molecule has 4 rings (SSSR count). The largest absolute Gasteiger partial charge is 0.486 e. The number of aryl methyl sites for hydroxylation is 2. The number of carbonyl (C=O) groups excluding carboxylic acids is 1. The Morgan fingerprint density at radius 3 is 2.81 bits per heavy atom. The summed E-state index contributed by atoms with van der Waals surface area (Å²) in [5.74, 6) is 2.29. The number of carbonyl (C=O) groups is 1. The first-order chi connectivity index (χ1) is 13.1. The molecule has 1 aromatic heterocycles. The van der Waals surface area contributed by atoms with Crippen LogP contribution in [0, 0.1) is 6.92 Å². The third-order valence-corrected chi connectivity index (χ3v) is 4.56. The zero-order chi connectivity index (χ0) is 18.8. The van der Waals surface area contributed by atoms with Crippen molar-refractivity contribution in [2.24, 2.45) is 7.05 Å². The second-order valence-corrected chi connectivity index (χ2v) is 6.57. The van der Waals surface area contributed by atoms with E-state index >= 15 is 0 Å². The fourth-order valence-electron chi connectivity index (χ4n) is 3.17. The summed E-state index contributed by atoms with van der Waals surface area (Å²) < 4.78 is 13.1. The maximum absolute atomic E-state index is 12.2. The van der Waals surface area contributed by atoms with Crippen LogP contribution in [-0.2, 0) is 13.5 Å². The Hall–Kier alpha value is -3.22. The molecule has 0 bridgehead atoms. The van der Waals surface area contributed by atoms with Crippen LogP contribution in [0.25, 0.3) is 11.0 Å². The molecule has 0 unspecified atom stereocenters. The van der Waals surface area contributed by atoms with E-state index in [9.17, 15) is 4.79 Å². The summed E-state index contributed by atoms with van der Waals surface area (Å²) in [5, 5.41) is 5.68. The molecule has 1 aliphatic rings. The molecule has 27 heavy (non-hydrogen) atoms. The van der Waals surface area contributed by atoms with Crippen molar-refractivity contribution in [1.82, 2.24) is 14.9 Å². The summed E-state index contributed by atoms with van der Waals surface area (Å²) in [7, 11) is 2.00. The van der Waals surface area contributed by atoms with Gasteiger partial charge in [-0.25, -0.2) is 9.78 Å². The minimum Gasteiger partial charge on any atom is -0.486 e. The molecule has 0 radical (unpaired) electrons. The summed E-state index contributed by atoms with van der Waals surface area (Å²) >= 11 is 0. The van der Waals surface area contributed by atoms with Crippen molar-refractivity contribution in [3.05, 3.63) is 47.8 Å². The van der Waals surface area contributed by atoms with Gasteiger partial charge in [-0.2, -0.15) is 0 Å². The first-order valence-electron chi connectivity index (χ1n) is 8.96. The van der Waals surface area contributed by atoms with Gasteiger partial charge in [0.1, 0.15) is 19.0 Å². The summed E-state index contributed by atoms with van der Waals surface area (Å²) in [6.07, 6.45) is 0.652. The van der Waals surface area contributed by atoms with Crippen molar-refractivity contribution in [2.45, 2.75) is 13.3 Å². The summed E-state index contributed by atoms with van der Waals surface area (Å²) in [6, 6.07) is 11.3. The minimum atomic E-state index is -0.263. The van der Waals surface area contributed by atoms with Crippen LogP contribution in [0.1, 0.15) is 11.4 Å². The third kappa shape index (κ3) is 3.67. The van der Waals surface area contributed by atoms with E-state index in [1.165, 1.54) is 5.56 Å². The number of anilines is 1. The van der Waals surface area contributed by atoms with Gasteiger partial charge in [0.05, 0.1) is 11.0 Å². The van der Waals surface area contributed by atoms with Gasteiger partial charge in [-0.15, -0.1) is 0 Å². The maximum Gasteiger partial charge on any atom is 0.319 e. The first-order valence-corrected chi connectivity index (χ1v) is 8.96. The molecule has 0 spiro atoms. The number of rotatable bonds is 4. The summed E-state index contributed by atoms with van der Waals surface area (Å²) in [4.78, 5) is 16.8. The van der Waals surface area contributed by atoms with E-state index < -0.39 is 0 Å².